The van der Waals surface area contributed by atoms with Gasteiger partial charge in [-0.25, -0.2) is 4.79 Å². The summed E-state index contributed by atoms with van der Waals surface area (Å²) in [5, 5.41) is 2.64. The molecule has 0 fully saturated rings. The number of nitrogens with two attached hydrogens (primary N) is 1. The molecule has 0 unspecified atom stereocenters. The van der Waals surface area contributed by atoms with E-state index in [0.717, 1.165) is 0 Å². The van der Waals surface area contributed by atoms with E-state index >= 15 is 0 Å². The maximum atomic E-state index is 10.9. The molecule has 0 amide bonds. The third-order valence-electron chi connectivity index (χ3n) is 1.33. The highest BCUT2D eigenvalue weighted by Gasteiger charge is 2.04. The fraction of sp³-hybridized carbons (Fsp3) is 0.333. The molecule has 8 heteroatoms. The molecular formula is C6H10Cl2N4O2. The fourth-order valence-corrected chi connectivity index (χ4v) is 0.951. The summed E-state index contributed by atoms with van der Waals surface area (Å²) in [6.07, 6.45) is 0. The SMILES string of the molecule is Cl.NCCNc1[nH]c(=O)[nH]c(=O)c1Cl. The van der Waals surface area contributed by atoms with Gasteiger partial charge in [0.15, 0.2) is 0 Å². The quantitative estimate of drug-likeness (QED) is 0.573. The zero-order chi connectivity index (χ0) is 9.84. The van der Waals surface area contributed by atoms with E-state index in [2.05, 4.69) is 10.3 Å². The summed E-state index contributed by atoms with van der Waals surface area (Å²) in [6, 6.07) is 0. The first kappa shape index (κ1) is 13.0. The van der Waals surface area contributed by atoms with Crippen molar-refractivity contribution in [3.8, 4) is 0 Å². The van der Waals surface area contributed by atoms with Crippen molar-refractivity contribution in [3.63, 3.8) is 0 Å². The molecule has 0 spiro atoms. The highest BCUT2D eigenvalue weighted by molar-refractivity contribution is 6.32. The van der Waals surface area contributed by atoms with Gasteiger partial charge in [0.05, 0.1) is 0 Å². The fourth-order valence-electron chi connectivity index (χ4n) is 0.790. The lowest BCUT2D eigenvalue weighted by atomic mass is 10.5. The van der Waals surface area contributed by atoms with Gasteiger partial charge in [-0.15, -0.1) is 12.4 Å². The molecule has 0 saturated carbocycles. The molecule has 5 N–H and O–H groups in total. The van der Waals surface area contributed by atoms with Crippen molar-refractivity contribution in [3.05, 3.63) is 25.9 Å². The van der Waals surface area contributed by atoms with Crippen LogP contribution in [0.3, 0.4) is 0 Å². The van der Waals surface area contributed by atoms with Gasteiger partial charge in [0, 0.05) is 13.1 Å². The molecule has 0 saturated heterocycles. The van der Waals surface area contributed by atoms with E-state index in [1.807, 2.05) is 4.98 Å². The van der Waals surface area contributed by atoms with Crippen molar-refractivity contribution in [1.82, 2.24) is 9.97 Å². The van der Waals surface area contributed by atoms with Gasteiger partial charge in [-0.3, -0.25) is 14.8 Å². The molecule has 6 nitrogen and oxygen atoms in total. The second kappa shape index (κ2) is 5.69. The number of hydrogen-bond donors (Lipinski definition) is 4. The van der Waals surface area contributed by atoms with Gasteiger partial charge in [0.2, 0.25) is 0 Å². The highest BCUT2D eigenvalue weighted by Crippen LogP contribution is 2.09. The van der Waals surface area contributed by atoms with E-state index in [9.17, 15) is 9.59 Å². The lowest BCUT2D eigenvalue weighted by Crippen LogP contribution is -2.25. The zero-order valence-corrected chi connectivity index (χ0v) is 8.67. The maximum Gasteiger partial charge on any atom is 0.327 e. The van der Waals surface area contributed by atoms with Crippen molar-refractivity contribution in [1.29, 1.82) is 0 Å². The third-order valence-corrected chi connectivity index (χ3v) is 1.69. The van der Waals surface area contributed by atoms with Crippen molar-refractivity contribution in [2.75, 3.05) is 18.4 Å². The van der Waals surface area contributed by atoms with Crippen LogP contribution in [0.4, 0.5) is 5.82 Å². The summed E-state index contributed by atoms with van der Waals surface area (Å²) < 4.78 is 0. The van der Waals surface area contributed by atoms with Crippen LogP contribution in [0.1, 0.15) is 0 Å². The smallest absolute Gasteiger partial charge is 0.327 e. The number of aromatic amines is 2. The second-order valence-corrected chi connectivity index (χ2v) is 2.69. The number of anilines is 1. The highest BCUT2D eigenvalue weighted by atomic mass is 35.5. The van der Waals surface area contributed by atoms with E-state index in [4.69, 9.17) is 17.3 Å². The van der Waals surface area contributed by atoms with Gasteiger partial charge < -0.3 is 11.1 Å². The van der Waals surface area contributed by atoms with Crippen LogP contribution in [-0.2, 0) is 0 Å². The Hall–Kier alpha value is -0.980. The van der Waals surface area contributed by atoms with E-state index in [0.29, 0.717) is 13.1 Å². The van der Waals surface area contributed by atoms with E-state index < -0.39 is 11.2 Å². The number of nitrogens with one attached hydrogen (secondary N) is 3. The molecule has 0 aliphatic rings. The van der Waals surface area contributed by atoms with E-state index in [1.54, 1.807) is 0 Å². The Kier molecular flexibility index (Phi) is 5.29. The molecule has 0 aliphatic heterocycles. The molecule has 80 valence electrons. The minimum absolute atomic E-state index is 0. The predicted molar refractivity (Wildman–Crippen MR) is 57.5 cm³/mol. The topological polar surface area (TPSA) is 104 Å². The van der Waals surface area contributed by atoms with Crippen molar-refractivity contribution in [2.45, 2.75) is 0 Å². The standard InChI is InChI=1S/C6H9ClN4O2.ClH/c7-3-4(9-2-1-8)10-6(13)11-5(3)12;/h1-2,8H2,(H3,9,10,11,12,13);1H. The molecule has 0 atom stereocenters. The number of hydrogen-bond acceptors (Lipinski definition) is 4. The van der Waals surface area contributed by atoms with Gasteiger partial charge in [0.25, 0.3) is 5.56 Å². The zero-order valence-electron chi connectivity index (χ0n) is 7.09. The van der Waals surface area contributed by atoms with Gasteiger partial charge >= 0.3 is 5.69 Å². The number of aromatic nitrogens is 2. The summed E-state index contributed by atoms with van der Waals surface area (Å²) in [5.74, 6) is 0.195. The average Bonchev–Trinajstić information content (AvgIpc) is 2.09. The third kappa shape index (κ3) is 3.06. The van der Waals surface area contributed by atoms with Crippen molar-refractivity contribution < 1.29 is 0 Å². The Morgan fingerprint density at radius 1 is 1.36 bits per heavy atom. The van der Waals surface area contributed by atoms with Gasteiger partial charge in [-0.1, -0.05) is 11.6 Å². The van der Waals surface area contributed by atoms with Crippen LogP contribution in [0, 0.1) is 0 Å². The Morgan fingerprint density at radius 2 is 2.00 bits per heavy atom. The maximum absolute atomic E-state index is 10.9. The van der Waals surface area contributed by atoms with Crippen LogP contribution in [0.2, 0.25) is 5.02 Å². The van der Waals surface area contributed by atoms with Crippen LogP contribution in [0.15, 0.2) is 9.59 Å². The predicted octanol–water partition coefficient (Wildman–Crippen LogP) is -0.491. The monoisotopic (exact) mass is 240 g/mol. The first-order valence-electron chi connectivity index (χ1n) is 3.61. The Morgan fingerprint density at radius 3 is 2.57 bits per heavy atom. The van der Waals surface area contributed by atoms with Crippen LogP contribution in [-0.4, -0.2) is 23.1 Å². The molecule has 0 aliphatic carbocycles. The minimum Gasteiger partial charge on any atom is -0.369 e. The molecule has 1 aromatic heterocycles. The lowest BCUT2D eigenvalue weighted by molar-refractivity contribution is 0.978. The summed E-state index contributed by atoms with van der Waals surface area (Å²) in [7, 11) is 0. The first-order chi connectivity index (χ1) is 6.15. The lowest BCUT2D eigenvalue weighted by Gasteiger charge is -2.04. The summed E-state index contributed by atoms with van der Waals surface area (Å²) in [5.41, 5.74) is 4.00. The normalized spacial score (nSPS) is 9.29. The van der Waals surface area contributed by atoms with Crippen LogP contribution >= 0.6 is 24.0 Å². The van der Waals surface area contributed by atoms with Crippen LogP contribution in [0.25, 0.3) is 0 Å². The van der Waals surface area contributed by atoms with E-state index in [1.165, 1.54) is 0 Å². The minimum atomic E-state index is -0.620. The Balaban J connectivity index is 0.00000169. The molecule has 14 heavy (non-hydrogen) atoms. The summed E-state index contributed by atoms with van der Waals surface area (Å²) in [6.45, 7) is 0.810. The molecule has 0 radical (unpaired) electrons. The van der Waals surface area contributed by atoms with Gasteiger partial charge in [-0.05, 0) is 0 Å². The molecule has 1 aromatic rings. The largest absolute Gasteiger partial charge is 0.369 e. The van der Waals surface area contributed by atoms with Gasteiger partial charge in [-0.2, -0.15) is 0 Å². The summed E-state index contributed by atoms with van der Waals surface area (Å²) in [4.78, 5) is 26.1. The van der Waals surface area contributed by atoms with Crippen LogP contribution < -0.4 is 22.3 Å². The Labute approximate surface area is 90.3 Å². The molecular weight excluding hydrogens is 231 g/mol. The molecule has 1 heterocycles. The number of H-pyrrole nitrogens is 2. The van der Waals surface area contributed by atoms with Crippen molar-refractivity contribution in [2.24, 2.45) is 5.73 Å². The first-order valence-corrected chi connectivity index (χ1v) is 3.99. The molecule has 0 bridgehead atoms. The summed E-state index contributed by atoms with van der Waals surface area (Å²) >= 11 is 5.58. The number of halogens is 2. The number of rotatable bonds is 3. The average molecular weight is 241 g/mol. The molecule has 1 rings (SSSR count). The van der Waals surface area contributed by atoms with Crippen molar-refractivity contribution >= 4 is 29.8 Å². The van der Waals surface area contributed by atoms with Crippen LogP contribution in [0.5, 0.6) is 0 Å². The molecule has 0 aromatic carbocycles. The Bertz CT molecular complexity index is 400. The van der Waals surface area contributed by atoms with E-state index in [-0.39, 0.29) is 23.2 Å². The second-order valence-electron chi connectivity index (χ2n) is 2.31. The van der Waals surface area contributed by atoms with Gasteiger partial charge in [0.1, 0.15) is 10.8 Å².